The van der Waals surface area contributed by atoms with Crippen molar-refractivity contribution in [2.75, 3.05) is 7.11 Å². The van der Waals surface area contributed by atoms with E-state index in [1.54, 1.807) is 7.11 Å². The largest absolute Gasteiger partial charge is 0.497 e. The fourth-order valence-electron chi connectivity index (χ4n) is 1.78. The Labute approximate surface area is 123 Å². The lowest BCUT2D eigenvalue weighted by molar-refractivity contribution is 0.0685. The first-order valence-electron chi connectivity index (χ1n) is 6.01. The maximum Gasteiger partial charge on any atom is 0.358 e. The van der Waals surface area contributed by atoms with Crippen LogP contribution in [0.3, 0.4) is 0 Å². The van der Waals surface area contributed by atoms with E-state index >= 15 is 0 Å². The molecule has 0 unspecified atom stereocenters. The standard InChI is InChI=1S/C13H11N3O4S/c1-19-7-2-3-9-10(4-7)15-13(14-9)21-6-8-5-11(12(17)18)16-20-8/h2-5H,6H2,1H3,(H,14,15)(H,17,18). The predicted molar refractivity (Wildman–Crippen MR) is 75.7 cm³/mol. The van der Waals surface area contributed by atoms with Crippen LogP contribution in [0.25, 0.3) is 11.0 Å². The molecule has 0 atom stereocenters. The number of carboxylic acid groups (broad SMARTS) is 1. The van der Waals surface area contributed by atoms with Gasteiger partial charge in [0.15, 0.2) is 10.9 Å². The summed E-state index contributed by atoms with van der Waals surface area (Å²) in [6.45, 7) is 0. The monoisotopic (exact) mass is 305 g/mol. The first-order chi connectivity index (χ1) is 10.2. The number of fused-ring (bicyclic) bond motifs is 1. The van der Waals surface area contributed by atoms with E-state index in [-0.39, 0.29) is 5.69 Å². The molecule has 1 aromatic carbocycles. The van der Waals surface area contributed by atoms with Crippen molar-refractivity contribution in [3.8, 4) is 5.75 Å². The van der Waals surface area contributed by atoms with Crippen molar-refractivity contribution in [2.45, 2.75) is 10.9 Å². The number of nitrogens with zero attached hydrogens (tertiary/aromatic N) is 2. The Balaban J connectivity index is 1.73. The van der Waals surface area contributed by atoms with Crippen molar-refractivity contribution < 1.29 is 19.2 Å². The summed E-state index contributed by atoms with van der Waals surface area (Å²) in [6, 6.07) is 6.98. The fraction of sp³-hybridized carbons (Fsp3) is 0.154. The molecular weight excluding hydrogens is 294 g/mol. The molecule has 0 saturated carbocycles. The van der Waals surface area contributed by atoms with Crippen LogP contribution in [0, 0.1) is 0 Å². The minimum atomic E-state index is -1.11. The lowest BCUT2D eigenvalue weighted by Gasteiger charge is -1.96. The third kappa shape index (κ3) is 2.84. The van der Waals surface area contributed by atoms with E-state index in [2.05, 4.69) is 15.1 Å². The van der Waals surface area contributed by atoms with E-state index < -0.39 is 5.97 Å². The number of imidazole rings is 1. The Bertz CT molecular complexity index is 796. The van der Waals surface area contributed by atoms with Gasteiger partial charge in [0.25, 0.3) is 0 Å². The lowest BCUT2D eigenvalue weighted by Crippen LogP contribution is -1.94. The van der Waals surface area contributed by atoms with Crippen LogP contribution in [0.15, 0.2) is 33.9 Å². The molecule has 0 aliphatic heterocycles. The van der Waals surface area contributed by atoms with Gasteiger partial charge < -0.3 is 19.4 Å². The zero-order chi connectivity index (χ0) is 14.8. The normalized spacial score (nSPS) is 10.9. The smallest absolute Gasteiger partial charge is 0.358 e. The lowest BCUT2D eigenvalue weighted by atomic mass is 10.3. The number of nitrogens with one attached hydrogen (secondary N) is 1. The van der Waals surface area contributed by atoms with E-state index in [1.807, 2.05) is 18.2 Å². The third-order valence-corrected chi connectivity index (χ3v) is 3.69. The molecule has 8 heteroatoms. The molecule has 0 radical (unpaired) electrons. The molecule has 0 saturated heterocycles. The van der Waals surface area contributed by atoms with Crippen LogP contribution in [-0.4, -0.2) is 33.3 Å². The van der Waals surface area contributed by atoms with Gasteiger partial charge in [-0.15, -0.1) is 0 Å². The molecule has 2 N–H and O–H groups in total. The van der Waals surface area contributed by atoms with Crippen LogP contribution < -0.4 is 4.74 Å². The van der Waals surface area contributed by atoms with E-state index in [0.717, 1.165) is 16.8 Å². The van der Waals surface area contributed by atoms with Crippen molar-refractivity contribution in [1.29, 1.82) is 0 Å². The van der Waals surface area contributed by atoms with Gasteiger partial charge in [0.05, 0.1) is 23.9 Å². The molecule has 7 nitrogen and oxygen atoms in total. The maximum atomic E-state index is 10.7. The average molecular weight is 305 g/mol. The molecular formula is C13H11N3O4S. The summed E-state index contributed by atoms with van der Waals surface area (Å²) in [5.41, 5.74) is 1.61. The second-order valence-electron chi connectivity index (χ2n) is 4.20. The molecule has 108 valence electrons. The highest BCUT2D eigenvalue weighted by molar-refractivity contribution is 7.98. The third-order valence-electron chi connectivity index (χ3n) is 2.80. The minimum Gasteiger partial charge on any atom is -0.497 e. The Hall–Kier alpha value is -2.48. The summed E-state index contributed by atoms with van der Waals surface area (Å²) in [5.74, 6) is 0.572. The molecule has 0 fully saturated rings. The van der Waals surface area contributed by atoms with Crippen LogP contribution in [-0.2, 0) is 5.75 Å². The summed E-state index contributed by atoms with van der Waals surface area (Å²) >= 11 is 1.40. The molecule has 0 bridgehead atoms. The van der Waals surface area contributed by atoms with Crippen molar-refractivity contribution in [1.82, 2.24) is 15.1 Å². The summed E-state index contributed by atoms with van der Waals surface area (Å²) in [4.78, 5) is 18.3. The highest BCUT2D eigenvalue weighted by Crippen LogP contribution is 2.25. The van der Waals surface area contributed by atoms with Crippen molar-refractivity contribution in [3.63, 3.8) is 0 Å². The Morgan fingerprint density at radius 1 is 1.48 bits per heavy atom. The number of ether oxygens (including phenoxy) is 1. The van der Waals surface area contributed by atoms with Crippen molar-refractivity contribution >= 4 is 28.8 Å². The topological polar surface area (TPSA) is 101 Å². The molecule has 2 aromatic heterocycles. The minimum absolute atomic E-state index is 0.0973. The summed E-state index contributed by atoms with van der Waals surface area (Å²) in [7, 11) is 1.61. The van der Waals surface area contributed by atoms with Gasteiger partial charge in [-0.2, -0.15) is 0 Å². The highest BCUT2D eigenvalue weighted by Gasteiger charge is 2.12. The Kier molecular flexibility index (Phi) is 3.53. The van der Waals surface area contributed by atoms with Gasteiger partial charge in [0.2, 0.25) is 0 Å². The summed E-state index contributed by atoms with van der Waals surface area (Å²) < 4.78 is 10.1. The first kappa shape index (κ1) is 13.5. The molecule has 0 amide bonds. The van der Waals surface area contributed by atoms with Gasteiger partial charge in [-0.1, -0.05) is 16.9 Å². The molecule has 3 rings (SSSR count). The second kappa shape index (κ2) is 5.49. The number of thioether (sulfide) groups is 1. The number of H-pyrrole nitrogens is 1. The van der Waals surface area contributed by atoms with E-state index in [0.29, 0.717) is 16.7 Å². The zero-order valence-corrected chi connectivity index (χ0v) is 11.8. The Morgan fingerprint density at radius 2 is 2.33 bits per heavy atom. The number of carboxylic acids is 1. The molecule has 2 heterocycles. The highest BCUT2D eigenvalue weighted by atomic mass is 32.2. The van der Waals surface area contributed by atoms with Crippen LogP contribution in [0.4, 0.5) is 0 Å². The summed E-state index contributed by atoms with van der Waals surface area (Å²) in [5, 5.41) is 12.9. The number of hydrogen-bond donors (Lipinski definition) is 2. The maximum absolute atomic E-state index is 10.7. The van der Waals surface area contributed by atoms with Crippen LogP contribution in [0.1, 0.15) is 16.2 Å². The second-order valence-corrected chi connectivity index (χ2v) is 5.16. The number of rotatable bonds is 5. The Morgan fingerprint density at radius 3 is 3.05 bits per heavy atom. The number of hydrogen-bond acceptors (Lipinski definition) is 6. The van der Waals surface area contributed by atoms with E-state index in [4.69, 9.17) is 14.4 Å². The molecule has 0 aliphatic carbocycles. The number of benzene rings is 1. The summed E-state index contributed by atoms with van der Waals surface area (Å²) in [6.07, 6.45) is 0. The first-order valence-corrected chi connectivity index (χ1v) is 6.99. The molecule has 3 aromatic rings. The van der Waals surface area contributed by atoms with E-state index in [1.165, 1.54) is 17.8 Å². The SMILES string of the molecule is COc1ccc2nc(SCc3cc(C(=O)O)no3)[nH]c2c1. The van der Waals surface area contributed by atoms with Crippen LogP contribution in [0.5, 0.6) is 5.75 Å². The fourth-order valence-corrected chi connectivity index (χ4v) is 2.54. The predicted octanol–water partition coefficient (Wildman–Crippen LogP) is 2.55. The van der Waals surface area contributed by atoms with E-state index in [9.17, 15) is 4.79 Å². The molecule has 0 aliphatic rings. The molecule has 21 heavy (non-hydrogen) atoms. The van der Waals surface area contributed by atoms with Gasteiger partial charge >= 0.3 is 5.97 Å². The average Bonchev–Trinajstić information content (AvgIpc) is 3.10. The molecule has 0 spiro atoms. The van der Waals surface area contributed by atoms with Crippen LogP contribution in [0.2, 0.25) is 0 Å². The van der Waals surface area contributed by atoms with Gasteiger partial charge in [0, 0.05) is 12.1 Å². The van der Waals surface area contributed by atoms with Crippen LogP contribution >= 0.6 is 11.8 Å². The van der Waals surface area contributed by atoms with Gasteiger partial charge in [-0.25, -0.2) is 9.78 Å². The number of aromatic carboxylic acids is 1. The van der Waals surface area contributed by atoms with Gasteiger partial charge in [0.1, 0.15) is 11.5 Å². The van der Waals surface area contributed by atoms with Crippen molar-refractivity contribution in [2.24, 2.45) is 0 Å². The zero-order valence-electron chi connectivity index (χ0n) is 11.0. The number of methoxy groups -OCH3 is 1. The van der Waals surface area contributed by atoms with Gasteiger partial charge in [-0.05, 0) is 12.1 Å². The van der Waals surface area contributed by atoms with Crippen molar-refractivity contribution in [3.05, 3.63) is 35.7 Å². The number of aromatic amines is 1. The number of aromatic nitrogens is 3. The number of carbonyl (C=O) groups is 1. The quantitative estimate of drug-likeness (QED) is 0.698. The van der Waals surface area contributed by atoms with Gasteiger partial charge in [-0.3, -0.25) is 0 Å².